The van der Waals surface area contributed by atoms with E-state index in [4.69, 9.17) is 10.5 Å². The Hall–Kier alpha value is -1.13. The van der Waals surface area contributed by atoms with Crippen molar-refractivity contribution in [2.75, 3.05) is 19.7 Å². The van der Waals surface area contributed by atoms with Gasteiger partial charge < -0.3 is 10.5 Å². The predicted molar refractivity (Wildman–Crippen MR) is 70.1 cm³/mol. The Morgan fingerprint density at radius 3 is 3.00 bits per heavy atom. The van der Waals surface area contributed by atoms with E-state index in [0.717, 1.165) is 25.1 Å². The van der Waals surface area contributed by atoms with Gasteiger partial charge in [-0.1, -0.05) is 6.07 Å². The van der Waals surface area contributed by atoms with Crippen LogP contribution in [0.4, 0.5) is 4.39 Å². The molecule has 2 rings (SSSR count). The third-order valence-corrected chi connectivity index (χ3v) is 3.45. The lowest BCUT2D eigenvalue weighted by atomic mass is 10.1. The molecule has 0 spiro atoms. The van der Waals surface area contributed by atoms with E-state index >= 15 is 0 Å². The normalized spacial score (nSPS) is 20.3. The van der Waals surface area contributed by atoms with Crippen LogP contribution in [0.2, 0.25) is 0 Å². The number of nitrogens with zero attached hydrogens (tertiary/aromatic N) is 1. The van der Waals surface area contributed by atoms with Gasteiger partial charge in [0.2, 0.25) is 0 Å². The zero-order valence-electron chi connectivity index (χ0n) is 10.9. The summed E-state index contributed by atoms with van der Waals surface area (Å²) >= 11 is 0. The van der Waals surface area contributed by atoms with Crippen molar-refractivity contribution in [2.24, 2.45) is 5.73 Å². The number of ether oxygens (including phenoxy) is 1. The maximum Gasteiger partial charge on any atom is 0.165 e. The van der Waals surface area contributed by atoms with Crippen LogP contribution >= 0.6 is 0 Å². The van der Waals surface area contributed by atoms with E-state index in [1.807, 2.05) is 13.0 Å². The highest BCUT2D eigenvalue weighted by atomic mass is 19.1. The van der Waals surface area contributed by atoms with Crippen molar-refractivity contribution in [1.29, 1.82) is 0 Å². The number of likely N-dealkylation sites (tertiary alicyclic amines) is 1. The second-order valence-corrected chi connectivity index (χ2v) is 4.70. The summed E-state index contributed by atoms with van der Waals surface area (Å²) < 4.78 is 18.9. The average molecular weight is 252 g/mol. The average Bonchev–Trinajstić information content (AvgIpc) is 2.80. The standard InChI is InChI=1S/C14H21FN2O/c1-2-18-14-6-5-11(8-13(14)15)10-17-7-3-4-12(17)9-16/h5-6,8,12H,2-4,7,9-10,16H2,1H3. The van der Waals surface area contributed by atoms with Crippen LogP contribution in [0.15, 0.2) is 18.2 Å². The van der Waals surface area contributed by atoms with Crippen molar-refractivity contribution < 1.29 is 9.13 Å². The van der Waals surface area contributed by atoms with Crippen molar-refractivity contribution in [3.63, 3.8) is 0 Å². The Balaban J connectivity index is 2.03. The molecular weight excluding hydrogens is 231 g/mol. The first-order chi connectivity index (χ1) is 8.74. The fraction of sp³-hybridized carbons (Fsp3) is 0.571. The molecule has 0 bridgehead atoms. The van der Waals surface area contributed by atoms with Crippen molar-refractivity contribution >= 4 is 0 Å². The third-order valence-electron chi connectivity index (χ3n) is 3.45. The van der Waals surface area contributed by atoms with Crippen molar-refractivity contribution in [2.45, 2.75) is 32.4 Å². The number of hydrogen-bond acceptors (Lipinski definition) is 3. The molecule has 1 unspecified atom stereocenters. The van der Waals surface area contributed by atoms with Gasteiger partial charge in [0, 0.05) is 19.1 Å². The van der Waals surface area contributed by atoms with Gasteiger partial charge in [-0.05, 0) is 44.0 Å². The first-order valence-corrected chi connectivity index (χ1v) is 6.60. The molecule has 3 nitrogen and oxygen atoms in total. The Morgan fingerprint density at radius 1 is 1.50 bits per heavy atom. The second-order valence-electron chi connectivity index (χ2n) is 4.70. The van der Waals surface area contributed by atoms with Crippen molar-refractivity contribution in [1.82, 2.24) is 4.90 Å². The Labute approximate surface area is 108 Å². The first kappa shape index (κ1) is 13.3. The highest BCUT2D eigenvalue weighted by Gasteiger charge is 2.23. The van der Waals surface area contributed by atoms with Gasteiger partial charge in [0.25, 0.3) is 0 Å². The summed E-state index contributed by atoms with van der Waals surface area (Å²) in [6.07, 6.45) is 2.33. The zero-order valence-corrected chi connectivity index (χ0v) is 10.9. The summed E-state index contributed by atoms with van der Waals surface area (Å²) in [6.45, 7) is 4.84. The fourth-order valence-electron chi connectivity index (χ4n) is 2.52. The van der Waals surface area contributed by atoms with Gasteiger partial charge in [0.05, 0.1) is 6.61 Å². The molecule has 0 aromatic heterocycles. The number of halogens is 1. The van der Waals surface area contributed by atoms with Crippen molar-refractivity contribution in [3.05, 3.63) is 29.6 Å². The van der Waals surface area contributed by atoms with Crippen molar-refractivity contribution in [3.8, 4) is 5.75 Å². The fourth-order valence-corrected chi connectivity index (χ4v) is 2.52. The molecule has 0 aliphatic carbocycles. The van der Waals surface area contributed by atoms with Gasteiger partial charge >= 0.3 is 0 Å². The molecule has 2 N–H and O–H groups in total. The molecule has 4 heteroatoms. The van der Waals surface area contributed by atoms with Crippen LogP contribution in [0.25, 0.3) is 0 Å². The monoisotopic (exact) mass is 252 g/mol. The minimum atomic E-state index is -0.280. The van der Waals surface area contributed by atoms with E-state index in [1.165, 1.54) is 6.42 Å². The van der Waals surface area contributed by atoms with Gasteiger partial charge in [0.1, 0.15) is 0 Å². The van der Waals surface area contributed by atoms with Crippen LogP contribution in [0.5, 0.6) is 5.75 Å². The topological polar surface area (TPSA) is 38.5 Å². The molecule has 100 valence electrons. The van der Waals surface area contributed by atoms with Crippen LogP contribution < -0.4 is 10.5 Å². The molecule has 0 saturated carbocycles. The van der Waals surface area contributed by atoms with E-state index in [-0.39, 0.29) is 5.82 Å². The summed E-state index contributed by atoms with van der Waals surface area (Å²) in [4.78, 5) is 2.33. The van der Waals surface area contributed by atoms with Gasteiger partial charge in [-0.2, -0.15) is 0 Å². The lowest BCUT2D eigenvalue weighted by molar-refractivity contribution is 0.249. The quantitative estimate of drug-likeness (QED) is 0.872. The molecule has 0 amide bonds. The van der Waals surface area contributed by atoms with Gasteiger partial charge in [-0.15, -0.1) is 0 Å². The summed E-state index contributed by atoms with van der Waals surface area (Å²) in [5.74, 6) is 0.0518. The lowest BCUT2D eigenvalue weighted by Crippen LogP contribution is -2.34. The van der Waals surface area contributed by atoms with Crippen LogP contribution in [0.3, 0.4) is 0 Å². The smallest absolute Gasteiger partial charge is 0.165 e. The highest BCUT2D eigenvalue weighted by Crippen LogP contribution is 2.22. The maximum absolute atomic E-state index is 13.7. The lowest BCUT2D eigenvalue weighted by Gasteiger charge is -2.23. The molecule has 1 aromatic carbocycles. The first-order valence-electron chi connectivity index (χ1n) is 6.60. The molecule has 18 heavy (non-hydrogen) atoms. The van der Waals surface area contributed by atoms with Crippen LogP contribution in [0.1, 0.15) is 25.3 Å². The van der Waals surface area contributed by atoms with E-state index in [0.29, 0.717) is 24.9 Å². The number of benzene rings is 1. The minimum absolute atomic E-state index is 0.280. The van der Waals surface area contributed by atoms with Crippen LogP contribution in [-0.2, 0) is 6.54 Å². The molecule has 0 radical (unpaired) electrons. The summed E-state index contributed by atoms with van der Waals surface area (Å²) in [5.41, 5.74) is 6.72. The Kier molecular flexibility index (Phi) is 4.55. The van der Waals surface area contributed by atoms with E-state index in [1.54, 1.807) is 12.1 Å². The third kappa shape index (κ3) is 3.00. The van der Waals surface area contributed by atoms with Gasteiger partial charge in [-0.25, -0.2) is 4.39 Å². The molecule has 1 atom stereocenters. The molecule has 1 saturated heterocycles. The van der Waals surface area contributed by atoms with Crippen LogP contribution in [-0.4, -0.2) is 30.6 Å². The zero-order chi connectivity index (χ0) is 13.0. The van der Waals surface area contributed by atoms with Crippen LogP contribution in [0, 0.1) is 5.82 Å². The molecule has 1 aliphatic rings. The van der Waals surface area contributed by atoms with Gasteiger partial charge in [-0.3, -0.25) is 4.90 Å². The molecule has 1 aromatic rings. The molecule has 1 heterocycles. The number of rotatable bonds is 5. The summed E-state index contributed by atoms with van der Waals surface area (Å²) in [7, 11) is 0. The van der Waals surface area contributed by atoms with E-state index in [2.05, 4.69) is 4.90 Å². The maximum atomic E-state index is 13.7. The Morgan fingerprint density at radius 2 is 2.33 bits per heavy atom. The molecular formula is C14H21FN2O. The highest BCUT2D eigenvalue weighted by molar-refractivity contribution is 5.29. The SMILES string of the molecule is CCOc1ccc(CN2CCCC2CN)cc1F. The minimum Gasteiger partial charge on any atom is -0.491 e. The molecule has 1 aliphatic heterocycles. The predicted octanol–water partition coefficient (Wildman–Crippen LogP) is 2.15. The van der Waals surface area contributed by atoms with Gasteiger partial charge in [0.15, 0.2) is 11.6 Å². The van der Waals surface area contributed by atoms with E-state index in [9.17, 15) is 4.39 Å². The summed E-state index contributed by atoms with van der Waals surface area (Å²) in [6, 6.07) is 5.65. The number of nitrogens with two attached hydrogens (primary N) is 1. The second kappa shape index (κ2) is 6.16. The summed E-state index contributed by atoms with van der Waals surface area (Å²) in [5, 5.41) is 0. The molecule has 1 fully saturated rings. The Bertz CT molecular complexity index is 397. The number of hydrogen-bond donors (Lipinski definition) is 1. The van der Waals surface area contributed by atoms with E-state index < -0.39 is 0 Å². The largest absolute Gasteiger partial charge is 0.491 e.